The number of primary amides is 1. The van der Waals surface area contributed by atoms with Gasteiger partial charge in [-0.25, -0.2) is 8.42 Å². The van der Waals surface area contributed by atoms with Crippen LogP contribution in [0.3, 0.4) is 0 Å². The number of amides is 1. The lowest BCUT2D eigenvalue weighted by atomic mass is 10.1. The lowest BCUT2D eigenvalue weighted by Gasteiger charge is -2.22. The average Bonchev–Trinajstić information content (AvgIpc) is 2.76. The molecule has 3 aromatic rings. The Morgan fingerprint density at radius 3 is 2.53 bits per heavy atom. The second kappa shape index (κ2) is 10.2. The normalized spacial score (nSPS) is 11.6. The SMILES string of the molecule is COc1ccc(S(=O)(=O)N(CCNc2cc(C)nc3ccc(Cl)cc23)CCC(N)=O)cc1. The first-order valence-electron chi connectivity index (χ1n) is 9.94. The van der Waals surface area contributed by atoms with Crippen LogP contribution < -0.4 is 15.8 Å². The number of carbonyl (C=O) groups excluding carboxylic acids is 1. The predicted octanol–water partition coefficient (Wildman–Crippen LogP) is 3.18. The van der Waals surface area contributed by atoms with E-state index >= 15 is 0 Å². The number of nitrogens with one attached hydrogen (secondary N) is 1. The third-order valence-electron chi connectivity index (χ3n) is 4.88. The molecule has 0 aliphatic rings. The molecule has 170 valence electrons. The summed E-state index contributed by atoms with van der Waals surface area (Å²) < 4.78 is 32.7. The zero-order valence-corrected chi connectivity index (χ0v) is 19.4. The lowest BCUT2D eigenvalue weighted by Crippen LogP contribution is -2.37. The number of pyridine rings is 1. The second-order valence-corrected chi connectivity index (χ2v) is 9.57. The second-order valence-electron chi connectivity index (χ2n) is 7.20. The van der Waals surface area contributed by atoms with Crippen molar-refractivity contribution < 1.29 is 17.9 Å². The van der Waals surface area contributed by atoms with E-state index in [0.29, 0.717) is 17.3 Å². The molecule has 0 saturated carbocycles. The molecule has 0 atom stereocenters. The number of nitrogens with two attached hydrogens (primary N) is 1. The number of benzene rings is 2. The molecule has 1 heterocycles. The molecule has 2 aromatic carbocycles. The molecule has 1 aromatic heterocycles. The fourth-order valence-electron chi connectivity index (χ4n) is 3.28. The fourth-order valence-corrected chi connectivity index (χ4v) is 4.89. The summed E-state index contributed by atoms with van der Waals surface area (Å²) in [5, 5.41) is 4.69. The predicted molar refractivity (Wildman–Crippen MR) is 126 cm³/mol. The number of hydrogen-bond donors (Lipinski definition) is 2. The van der Waals surface area contributed by atoms with Gasteiger partial charge in [0.2, 0.25) is 15.9 Å². The molecule has 0 aliphatic carbocycles. The van der Waals surface area contributed by atoms with Crippen LogP contribution in [0.4, 0.5) is 5.69 Å². The summed E-state index contributed by atoms with van der Waals surface area (Å²) in [7, 11) is -2.33. The van der Waals surface area contributed by atoms with E-state index in [0.717, 1.165) is 22.3 Å². The van der Waals surface area contributed by atoms with Crippen LogP contribution in [0.15, 0.2) is 53.4 Å². The van der Waals surface area contributed by atoms with Crippen molar-refractivity contribution >= 4 is 44.1 Å². The van der Waals surface area contributed by atoms with Crippen molar-refractivity contribution in [1.29, 1.82) is 0 Å². The van der Waals surface area contributed by atoms with Crippen molar-refractivity contribution in [3.8, 4) is 5.75 Å². The lowest BCUT2D eigenvalue weighted by molar-refractivity contribution is -0.118. The highest BCUT2D eigenvalue weighted by Crippen LogP contribution is 2.26. The quantitative estimate of drug-likeness (QED) is 0.464. The maximum atomic E-state index is 13.2. The van der Waals surface area contributed by atoms with Crippen LogP contribution >= 0.6 is 11.6 Å². The number of halogens is 1. The van der Waals surface area contributed by atoms with E-state index in [1.165, 1.54) is 23.5 Å². The Morgan fingerprint density at radius 2 is 1.88 bits per heavy atom. The minimum absolute atomic E-state index is 0.0205. The number of aryl methyl sites for hydroxylation is 1. The van der Waals surface area contributed by atoms with Gasteiger partial charge >= 0.3 is 0 Å². The van der Waals surface area contributed by atoms with Gasteiger partial charge in [0.25, 0.3) is 0 Å². The minimum Gasteiger partial charge on any atom is -0.497 e. The summed E-state index contributed by atoms with van der Waals surface area (Å²) >= 11 is 6.14. The van der Waals surface area contributed by atoms with Gasteiger partial charge in [-0.2, -0.15) is 4.31 Å². The summed E-state index contributed by atoms with van der Waals surface area (Å²) in [4.78, 5) is 15.9. The van der Waals surface area contributed by atoms with Crippen LogP contribution in [0.5, 0.6) is 5.75 Å². The first-order chi connectivity index (χ1) is 15.2. The van der Waals surface area contributed by atoms with Crippen molar-refractivity contribution in [1.82, 2.24) is 9.29 Å². The number of carbonyl (C=O) groups is 1. The Bertz CT molecular complexity index is 1220. The van der Waals surface area contributed by atoms with Crippen LogP contribution in [-0.2, 0) is 14.8 Å². The Balaban J connectivity index is 1.81. The van der Waals surface area contributed by atoms with Crippen LogP contribution in [0, 0.1) is 6.92 Å². The van der Waals surface area contributed by atoms with Gasteiger partial charge in [-0.3, -0.25) is 9.78 Å². The molecule has 3 N–H and O–H groups in total. The number of fused-ring (bicyclic) bond motifs is 1. The highest BCUT2D eigenvalue weighted by atomic mass is 35.5. The maximum Gasteiger partial charge on any atom is 0.243 e. The van der Waals surface area contributed by atoms with E-state index in [1.807, 2.05) is 25.1 Å². The van der Waals surface area contributed by atoms with Gasteiger partial charge in [0.15, 0.2) is 0 Å². The van der Waals surface area contributed by atoms with E-state index in [9.17, 15) is 13.2 Å². The summed E-state index contributed by atoms with van der Waals surface area (Å²) in [5.41, 5.74) is 7.66. The number of hydrogen-bond acceptors (Lipinski definition) is 6. The Hall–Kier alpha value is -2.88. The molecule has 8 nitrogen and oxygen atoms in total. The van der Waals surface area contributed by atoms with Gasteiger partial charge in [-0.15, -0.1) is 0 Å². The molecule has 0 spiro atoms. The molecule has 0 bridgehead atoms. The zero-order valence-electron chi connectivity index (χ0n) is 17.8. The van der Waals surface area contributed by atoms with Gasteiger partial charge in [0.05, 0.1) is 17.5 Å². The molecule has 0 unspecified atom stereocenters. The molecule has 3 rings (SSSR count). The van der Waals surface area contributed by atoms with Gasteiger partial charge in [-0.1, -0.05) is 11.6 Å². The first kappa shape index (κ1) is 23.8. The molecule has 0 saturated heterocycles. The highest BCUT2D eigenvalue weighted by molar-refractivity contribution is 7.89. The van der Waals surface area contributed by atoms with Crippen molar-refractivity contribution in [3.05, 3.63) is 59.2 Å². The maximum absolute atomic E-state index is 13.2. The smallest absolute Gasteiger partial charge is 0.243 e. The fraction of sp³-hybridized carbons (Fsp3) is 0.273. The third-order valence-corrected chi connectivity index (χ3v) is 7.03. The summed E-state index contributed by atoms with van der Waals surface area (Å²) in [6.07, 6.45) is -0.0811. The number of sulfonamides is 1. The van der Waals surface area contributed by atoms with E-state index in [1.54, 1.807) is 18.2 Å². The summed E-state index contributed by atoms with van der Waals surface area (Å²) in [6, 6.07) is 13.4. The van der Waals surface area contributed by atoms with Crippen molar-refractivity contribution in [2.45, 2.75) is 18.2 Å². The van der Waals surface area contributed by atoms with E-state index in [4.69, 9.17) is 22.1 Å². The van der Waals surface area contributed by atoms with Gasteiger partial charge in [0.1, 0.15) is 5.75 Å². The summed E-state index contributed by atoms with van der Waals surface area (Å²) in [6.45, 7) is 2.30. The molecule has 32 heavy (non-hydrogen) atoms. The molecule has 0 aliphatic heterocycles. The highest BCUT2D eigenvalue weighted by Gasteiger charge is 2.24. The molecular formula is C22H25ClN4O4S. The zero-order chi connectivity index (χ0) is 23.3. The number of anilines is 1. The van der Waals surface area contributed by atoms with Crippen LogP contribution in [0.2, 0.25) is 5.02 Å². The van der Waals surface area contributed by atoms with Gasteiger partial charge in [-0.05, 0) is 55.5 Å². The third kappa shape index (κ3) is 5.67. The van der Waals surface area contributed by atoms with Crippen LogP contribution in [0.25, 0.3) is 10.9 Å². The van der Waals surface area contributed by atoms with Crippen LogP contribution in [0.1, 0.15) is 12.1 Å². The molecule has 0 fully saturated rings. The van der Waals surface area contributed by atoms with E-state index in [-0.39, 0.29) is 24.4 Å². The monoisotopic (exact) mass is 476 g/mol. The summed E-state index contributed by atoms with van der Waals surface area (Å²) in [5.74, 6) is -0.0221. The number of ether oxygens (including phenoxy) is 1. The minimum atomic E-state index is -3.84. The molecule has 0 radical (unpaired) electrons. The molecule has 1 amide bonds. The topological polar surface area (TPSA) is 115 Å². The Labute approximate surface area is 192 Å². The largest absolute Gasteiger partial charge is 0.497 e. The van der Waals surface area contributed by atoms with Gasteiger partial charge < -0.3 is 15.8 Å². The van der Waals surface area contributed by atoms with Crippen molar-refractivity contribution in [2.75, 3.05) is 32.1 Å². The van der Waals surface area contributed by atoms with Gasteiger partial charge in [0, 0.05) is 47.8 Å². The van der Waals surface area contributed by atoms with Crippen LogP contribution in [-0.4, -0.2) is 50.4 Å². The molecular weight excluding hydrogens is 452 g/mol. The van der Waals surface area contributed by atoms with E-state index in [2.05, 4.69) is 10.3 Å². The number of methoxy groups -OCH3 is 1. The standard InChI is InChI=1S/C22H25ClN4O4S/c1-15-13-21(19-14-16(23)3-8-20(19)26-15)25-10-12-27(11-9-22(24)28)32(29,30)18-6-4-17(31-2)5-7-18/h3-8,13-14H,9-12H2,1-2H3,(H2,24,28)(H,25,26). The number of aromatic nitrogens is 1. The molecule has 10 heteroatoms. The number of rotatable bonds is 10. The Kier molecular flexibility index (Phi) is 7.55. The van der Waals surface area contributed by atoms with Crippen molar-refractivity contribution in [3.63, 3.8) is 0 Å². The Morgan fingerprint density at radius 1 is 1.16 bits per heavy atom. The first-order valence-corrected chi connectivity index (χ1v) is 11.8. The average molecular weight is 477 g/mol. The number of nitrogens with zero attached hydrogens (tertiary/aromatic N) is 2. The van der Waals surface area contributed by atoms with Crippen molar-refractivity contribution in [2.24, 2.45) is 5.73 Å². The van der Waals surface area contributed by atoms with E-state index < -0.39 is 15.9 Å².